The van der Waals surface area contributed by atoms with Gasteiger partial charge in [-0.25, -0.2) is 8.42 Å². The number of amides is 1. The minimum Gasteiger partial charge on any atom is -0.352 e. The van der Waals surface area contributed by atoms with Gasteiger partial charge in [0.1, 0.15) is 5.84 Å². The number of benzene rings is 1. The number of sulfonamides is 1. The van der Waals surface area contributed by atoms with Crippen LogP contribution in [-0.4, -0.2) is 43.9 Å². The first-order valence-electron chi connectivity index (χ1n) is 8.70. The van der Waals surface area contributed by atoms with Gasteiger partial charge in [-0.2, -0.15) is 0 Å². The van der Waals surface area contributed by atoms with Gasteiger partial charge in [0.2, 0.25) is 0 Å². The van der Waals surface area contributed by atoms with Crippen LogP contribution >= 0.6 is 0 Å². The molecule has 3 rings (SSSR count). The average Bonchev–Trinajstić information content (AvgIpc) is 2.61. The van der Waals surface area contributed by atoms with E-state index in [0.29, 0.717) is 30.4 Å². The number of nitrogens with one attached hydrogen (secondary N) is 1. The minimum absolute atomic E-state index is 0.0396. The lowest BCUT2D eigenvalue weighted by molar-refractivity contribution is -0.117. The summed E-state index contributed by atoms with van der Waals surface area (Å²) in [7, 11) is -3.38. The summed E-state index contributed by atoms with van der Waals surface area (Å²) >= 11 is 0. The Labute approximate surface area is 154 Å². The quantitative estimate of drug-likeness (QED) is 0.856. The summed E-state index contributed by atoms with van der Waals surface area (Å²) in [5.41, 5.74) is 2.98. The fraction of sp³-hybridized carbons (Fsp3) is 0.368. The number of carbonyl (C=O) groups is 1. The SMILES string of the molecule is CC(C)c1ccc(CCNC(=O)C2=CN3CCS(=O)(=O)N=C3C=C2)cc1. The Balaban J connectivity index is 1.54. The monoisotopic (exact) mass is 373 g/mol. The highest BCUT2D eigenvalue weighted by atomic mass is 32.2. The summed E-state index contributed by atoms with van der Waals surface area (Å²) in [5, 5.41) is 2.91. The zero-order chi connectivity index (χ0) is 18.7. The van der Waals surface area contributed by atoms with Gasteiger partial charge >= 0.3 is 0 Å². The summed E-state index contributed by atoms with van der Waals surface area (Å²) in [5.74, 6) is 0.653. The van der Waals surface area contributed by atoms with Gasteiger partial charge < -0.3 is 10.2 Å². The van der Waals surface area contributed by atoms with Crippen LogP contribution in [-0.2, 0) is 21.2 Å². The lowest BCUT2D eigenvalue weighted by Gasteiger charge is -2.26. The van der Waals surface area contributed by atoms with E-state index >= 15 is 0 Å². The molecular weight excluding hydrogens is 350 g/mol. The molecule has 0 aliphatic carbocycles. The van der Waals surface area contributed by atoms with E-state index in [4.69, 9.17) is 0 Å². The third kappa shape index (κ3) is 4.40. The number of hydrogen-bond acceptors (Lipinski definition) is 4. The van der Waals surface area contributed by atoms with Crippen molar-refractivity contribution in [3.8, 4) is 0 Å². The van der Waals surface area contributed by atoms with E-state index in [1.54, 1.807) is 23.3 Å². The Morgan fingerprint density at radius 1 is 1.23 bits per heavy atom. The molecule has 1 N–H and O–H groups in total. The molecule has 2 heterocycles. The number of nitrogens with zero attached hydrogens (tertiary/aromatic N) is 2. The first-order chi connectivity index (χ1) is 12.3. The van der Waals surface area contributed by atoms with Crippen LogP contribution in [0.4, 0.5) is 0 Å². The molecule has 2 aliphatic rings. The van der Waals surface area contributed by atoms with Gasteiger partial charge in [-0.1, -0.05) is 38.1 Å². The molecule has 2 aliphatic heterocycles. The van der Waals surface area contributed by atoms with E-state index in [9.17, 15) is 13.2 Å². The van der Waals surface area contributed by atoms with E-state index in [2.05, 4.69) is 47.8 Å². The van der Waals surface area contributed by atoms with Crippen molar-refractivity contribution in [3.63, 3.8) is 0 Å². The Bertz CT molecular complexity index is 881. The topological polar surface area (TPSA) is 78.8 Å². The molecule has 0 spiro atoms. The Morgan fingerprint density at radius 2 is 1.96 bits per heavy atom. The van der Waals surface area contributed by atoms with Gasteiger partial charge in [0.25, 0.3) is 15.9 Å². The summed E-state index contributed by atoms with van der Waals surface area (Å²) in [6, 6.07) is 8.44. The second-order valence-electron chi connectivity index (χ2n) is 6.75. The molecule has 0 atom stereocenters. The smallest absolute Gasteiger partial charge is 0.256 e. The molecule has 0 aromatic heterocycles. The first kappa shape index (κ1) is 18.4. The van der Waals surface area contributed by atoms with Crippen molar-refractivity contribution in [1.29, 1.82) is 0 Å². The van der Waals surface area contributed by atoms with Gasteiger partial charge in [0.15, 0.2) is 0 Å². The molecule has 6 nitrogen and oxygen atoms in total. The van der Waals surface area contributed by atoms with Gasteiger partial charge in [0.05, 0.1) is 11.3 Å². The van der Waals surface area contributed by atoms with E-state index in [0.717, 1.165) is 6.42 Å². The summed E-state index contributed by atoms with van der Waals surface area (Å²) in [6.07, 6.45) is 5.58. The van der Waals surface area contributed by atoms with Crippen molar-refractivity contribution in [1.82, 2.24) is 10.2 Å². The van der Waals surface area contributed by atoms with E-state index in [1.807, 2.05) is 0 Å². The zero-order valence-corrected chi connectivity index (χ0v) is 15.8. The molecule has 1 amide bonds. The Kier molecular flexibility index (Phi) is 5.27. The highest BCUT2D eigenvalue weighted by Gasteiger charge is 2.24. The van der Waals surface area contributed by atoms with Crippen molar-refractivity contribution in [2.45, 2.75) is 26.2 Å². The van der Waals surface area contributed by atoms with Crippen LogP contribution < -0.4 is 5.32 Å². The predicted molar refractivity (Wildman–Crippen MR) is 102 cm³/mol. The summed E-state index contributed by atoms with van der Waals surface area (Å²) in [6.45, 7) is 5.17. The zero-order valence-electron chi connectivity index (χ0n) is 15.0. The molecule has 1 aromatic carbocycles. The average molecular weight is 373 g/mol. The molecule has 0 unspecified atom stereocenters. The lowest BCUT2D eigenvalue weighted by Crippen LogP contribution is -2.38. The molecular formula is C19H23N3O3S. The van der Waals surface area contributed by atoms with E-state index in [-0.39, 0.29) is 11.7 Å². The predicted octanol–water partition coefficient (Wildman–Crippen LogP) is 1.97. The van der Waals surface area contributed by atoms with Crippen LogP contribution in [0.2, 0.25) is 0 Å². The number of hydrogen-bond donors (Lipinski definition) is 1. The maximum Gasteiger partial charge on any atom is 0.256 e. The number of rotatable bonds is 5. The Hall–Kier alpha value is -2.41. The highest BCUT2D eigenvalue weighted by molar-refractivity contribution is 7.90. The summed E-state index contributed by atoms with van der Waals surface area (Å²) in [4.78, 5) is 14.0. The molecule has 138 valence electrons. The highest BCUT2D eigenvalue weighted by Crippen LogP contribution is 2.16. The van der Waals surface area contributed by atoms with Crippen molar-refractivity contribution in [3.05, 3.63) is 59.3 Å². The van der Waals surface area contributed by atoms with Crippen LogP contribution in [0.3, 0.4) is 0 Å². The standard InChI is InChI=1S/C19H23N3O3S/c1-14(2)16-5-3-15(4-6-16)9-10-20-19(23)17-7-8-18-21-26(24,25)12-11-22(18)13-17/h3-8,13-14H,9-12H2,1-2H3,(H,20,23). The van der Waals surface area contributed by atoms with E-state index < -0.39 is 10.0 Å². The molecule has 0 saturated heterocycles. The van der Waals surface area contributed by atoms with Crippen LogP contribution in [0.1, 0.15) is 30.9 Å². The van der Waals surface area contributed by atoms with Gasteiger partial charge in [0, 0.05) is 19.3 Å². The third-order valence-electron chi connectivity index (χ3n) is 4.43. The molecule has 0 radical (unpaired) electrons. The van der Waals surface area contributed by atoms with Crippen LogP contribution in [0.5, 0.6) is 0 Å². The van der Waals surface area contributed by atoms with Crippen molar-refractivity contribution in [2.75, 3.05) is 18.8 Å². The largest absolute Gasteiger partial charge is 0.352 e. The fourth-order valence-electron chi connectivity index (χ4n) is 2.83. The molecule has 7 heteroatoms. The van der Waals surface area contributed by atoms with Gasteiger partial charge in [-0.3, -0.25) is 4.79 Å². The van der Waals surface area contributed by atoms with Crippen LogP contribution in [0.15, 0.2) is 52.6 Å². The maximum absolute atomic E-state index is 12.3. The number of carbonyl (C=O) groups excluding carboxylic acids is 1. The second-order valence-corrected chi connectivity index (χ2v) is 8.50. The minimum atomic E-state index is -3.38. The van der Waals surface area contributed by atoms with Crippen LogP contribution in [0, 0.1) is 0 Å². The van der Waals surface area contributed by atoms with Crippen molar-refractivity contribution < 1.29 is 13.2 Å². The summed E-state index contributed by atoms with van der Waals surface area (Å²) < 4.78 is 26.7. The van der Waals surface area contributed by atoms with Crippen LogP contribution in [0.25, 0.3) is 0 Å². The van der Waals surface area contributed by atoms with Crippen molar-refractivity contribution in [2.24, 2.45) is 4.40 Å². The second kappa shape index (κ2) is 7.45. The third-order valence-corrected chi connectivity index (χ3v) is 5.60. The van der Waals surface area contributed by atoms with Gasteiger partial charge in [-0.05, 0) is 35.6 Å². The number of fused-ring (bicyclic) bond motifs is 1. The fourth-order valence-corrected chi connectivity index (χ4v) is 3.80. The molecule has 0 fully saturated rings. The lowest BCUT2D eigenvalue weighted by atomic mass is 10.0. The molecule has 26 heavy (non-hydrogen) atoms. The maximum atomic E-state index is 12.3. The van der Waals surface area contributed by atoms with Gasteiger partial charge in [-0.15, -0.1) is 4.40 Å². The van der Waals surface area contributed by atoms with Crippen molar-refractivity contribution >= 4 is 21.8 Å². The Morgan fingerprint density at radius 3 is 2.65 bits per heavy atom. The molecule has 1 aromatic rings. The molecule has 0 bridgehead atoms. The number of amidine groups is 1. The van der Waals surface area contributed by atoms with E-state index in [1.165, 1.54) is 11.1 Å². The first-order valence-corrected chi connectivity index (χ1v) is 10.3. The molecule has 0 saturated carbocycles. The normalized spacial score (nSPS) is 18.2.